The molecule has 0 aliphatic heterocycles. The highest BCUT2D eigenvalue weighted by Gasteiger charge is 2.47. The molecule has 1 saturated carbocycles. The van der Waals surface area contributed by atoms with E-state index in [0.717, 1.165) is 5.01 Å². The van der Waals surface area contributed by atoms with E-state index in [0.29, 0.717) is 0 Å². The Labute approximate surface area is 66.3 Å². The summed E-state index contributed by atoms with van der Waals surface area (Å²) in [5.74, 6) is -2.49. The number of rotatable bonds is 1. The van der Waals surface area contributed by atoms with Crippen molar-refractivity contribution in [1.29, 1.82) is 0 Å². The Balaban J connectivity index is 2.03. The Kier molecular flexibility index (Phi) is 1.42. The maximum atomic E-state index is 12.3. The van der Waals surface area contributed by atoms with Crippen LogP contribution in [0.1, 0.15) is 23.8 Å². The van der Waals surface area contributed by atoms with Crippen molar-refractivity contribution >= 4 is 11.3 Å². The molecule has 2 nitrogen and oxygen atoms in total. The number of aromatic nitrogens is 2. The second kappa shape index (κ2) is 2.20. The second-order valence-corrected chi connectivity index (χ2v) is 3.60. The van der Waals surface area contributed by atoms with Gasteiger partial charge in [-0.3, -0.25) is 0 Å². The van der Waals surface area contributed by atoms with Crippen LogP contribution in [0.15, 0.2) is 5.51 Å². The molecule has 1 fully saturated rings. The molecule has 0 N–H and O–H groups in total. The molecule has 1 heterocycles. The Hall–Kier alpha value is -0.580. The van der Waals surface area contributed by atoms with E-state index in [4.69, 9.17) is 0 Å². The largest absolute Gasteiger partial charge is 0.249 e. The van der Waals surface area contributed by atoms with Gasteiger partial charge in [-0.2, -0.15) is 0 Å². The van der Waals surface area contributed by atoms with E-state index < -0.39 is 5.92 Å². The Morgan fingerprint density at radius 1 is 1.55 bits per heavy atom. The molecule has 0 bridgehead atoms. The van der Waals surface area contributed by atoms with Crippen molar-refractivity contribution in [2.75, 3.05) is 0 Å². The Bertz CT molecular complexity index is 239. The number of hydrogen-bond acceptors (Lipinski definition) is 3. The first-order chi connectivity index (χ1) is 5.17. The first-order valence-electron chi connectivity index (χ1n) is 3.31. The molecule has 60 valence electrons. The zero-order valence-corrected chi connectivity index (χ0v) is 6.44. The summed E-state index contributed by atoms with van der Waals surface area (Å²) in [6.07, 6.45) is -0.107. The van der Waals surface area contributed by atoms with Crippen LogP contribution in [0.5, 0.6) is 0 Å². The molecule has 5 heteroatoms. The lowest BCUT2D eigenvalue weighted by molar-refractivity contribution is -0.0868. The highest BCUT2D eigenvalue weighted by Crippen LogP contribution is 2.48. The fourth-order valence-electron chi connectivity index (χ4n) is 1.20. The summed E-state index contributed by atoms with van der Waals surface area (Å²) in [6.45, 7) is 0. The van der Waals surface area contributed by atoms with Crippen LogP contribution in [0.4, 0.5) is 8.78 Å². The third-order valence-electron chi connectivity index (χ3n) is 1.82. The van der Waals surface area contributed by atoms with Crippen LogP contribution in [0.2, 0.25) is 0 Å². The van der Waals surface area contributed by atoms with Crippen LogP contribution in [-0.2, 0) is 0 Å². The van der Waals surface area contributed by atoms with Gasteiger partial charge in [0.1, 0.15) is 10.5 Å². The van der Waals surface area contributed by atoms with Crippen LogP contribution in [0.25, 0.3) is 0 Å². The van der Waals surface area contributed by atoms with Gasteiger partial charge in [-0.15, -0.1) is 21.5 Å². The van der Waals surface area contributed by atoms with Gasteiger partial charge in [0.25, 0.3) is 0 Å². The quantitative estimate of drug-likeness (QED) is 0.654. The number of hydrogen-bond donors (Lipinski definition) is 0. The molecule has 11 heavy (non-hydrogen) atoms. The molecule has 0 atom stereocenters. The van der Waals surface area contributed by atoms with Gasteiger partial charge in [0.2, 0.25) is 5.92 Å². The Morgan fingerprint density at radius 3 is 2.73 bits per heavy atom. The van der Waals surface area contributed by atoms with Crippen molar-refractivity contribution in [1.82, 2.24) is 10.2 Å². The molecule has 0 saturated heterocycles. The average molecular weight is 176 g/mol. The molecule has 0 amide bonds. The van der Waals surface area contributed by atoms with Crippen LogP contribution in [0, 0.1) is 0 Å². The van der Waals surface area contributed by atoms with Crippen LogP contribution in [0.3, 0.4) is 0 Å². The molecule has 1 aromatic heterocycles. The molecule has 1 aliphatic carbocycles. The van der Waals surface area contributed by atoms with Gasteiger partial charge < -0.3 is 0 Å². The predicted molar refractivity (Wildman–Crippen MR) is 36.8 cm³/mol. The fourth-order valence-corrected chi connectivity index (χ4v) is 1.85. The van der Waals surface area contributed by atoms with Crippen LogP contribution in [-0.4, -0.2) is 16.1 Å². The first kappa shape index (κ1) is 7.09. The molecular weight excluding hydrogens is 170 g/mol. The van der Waals surface area contributed by atoms with Crippen molar-refractivity contribution in [2.24, 2.45) is 0 Å². The van der Waals surface area contributed by atoms with Gasteiger partial charge in [0.15, 0.2) is 0 Å². The third kappa shape index (κ3) is 1.24. The van der Waals surface area contributed by atoms with Crippen molar-refractivity contribution in [2.45, 2.75) is 24.7 Å². The van der Waals surface area contributed by atoms with Crippen LogP contribution < -0.4 is 0 Å². The van der Waals surface area contributed by atoms with Crippen molar-refractivity contribution in [3.8, 4) is 0 Å². The van der Waals surface area contributed by atoms with E-state index in [1.54, 1.807) is 5.51 Å². The molecule has 0 aromatic carbocycles. The lowest BCUT2D eigenvalue weighted by Gasteiger charge is -2.32. The number of halogens is 2. The maximum absolute atomic E-state index is 12.3. The summed E-state index contributed by atoms with van der Waals surface area (Å²) >= 11 is 1.35. The fraction of sp³-hybridized carbons (Fsp3) is 0.667. The molecule has 2 rings (SSSR count). The second-order valence-electron chi connectivity index (χ2n) is 2.74. The summed E-state index contributed by atoms with van der Waals surface area (Å²) in [7, 11) is 0. The lowest BCUT2D eigenvalue weighted by atomic mass is 9.82. The predicted octanol–water partition coefficient (Wildman–Crippen LogP) is 2.05. The van der Waals surface area contributed by atoms with Gasteiger partial charge in [0.05, 0.1) is 0 Å². The van der Waals surface area contributed by atoms with Crippen molar-refractivity contribution in [3.05, 3.63) is 10.5 Å². The SMILES string of the molecule is FC1(F)CC(c2nncs2)C1. The van der Waals surface area contributed by atoms with Gasteiger partial charge in [-0.1, -0.05) is 0 Å². The first-order valence-corrected chi connectivity index (χ1v) is 4.19. The molecule has 0 spiro atoms. The van der Waals surface area contributed by atoms with E-state index in [9.17, 15) is 8.78 Å². The monoisotopic (exact) mass is 176 g/mol. The molecule has 0 radical (unpaired) electrons. The summed E-state index contributed by atoms with van der Waals surface area (Å²) in [6, 6.07) is 0. The van der Waals surface area contributed by atoms with Crippen LogP contribution >= 0.6 is 11.3 Å². The zero-order valence-electron chi connectivity index (χ0n) is 5.63. The maximum Gasteiger partial charge on any atom is 0.249 e. The lowest BCUT2D eigenvalue weighted by Crippen LogP contribution is -2.33. The molecule has 0 unspecified atom stereocenters. The molecule has 1 aliphatic rings. The third-order valence-corrected chi connectivity index (χ3v) is 2.67. The van der Waals surface area contributed by atoms with E-state index in [1.807, 2.05) is 0 Å². The topological polar surface area (TPSA) is 25.8 Å². The number of alkyl halides is 2. The number of nitrogens with zero attached hydrogens (tertiary/aromatic N) is 2. The highest BCUT2D eigenvalue weighted by molar-refractivity contribution is 7.09. The minimum absolute atomic E-state index is 0.0440. The van der Waals surface area contributed by atoms with Gasteiger partial charge in [0, 0.05) is 18.8 Å². The minimum Gasteiger partial charge on any atom is -0.207 e. The standard InChI is InChI=1S/C6H6F2N2S/c7-6(8)1-4(2-6)5-10-9-3-11-5/h3-4H,1-2H2. The smallest absolute Gasteiger partial charge is 0.207 e. The van der Waals surface area contributed by atoms with Crippen molar-refractivity contribution in [3.63, 3.8) is 0 Å². The van der Waals surface area contributed by atoms with Crippen molar-refractivity contribution < 1.29 is 8.78 Å². The van der Waals surface area contributed by atoms with Gasteiger partial charge in [-0.05, 0) is 0 Å². The minimum atomic E-state index is -2.45. The zero-order chi connectivity index (χ0) is 7.90. The molecular formula is C6H6F2N2S. The summed E-state index contributed by atoms with van der Waals surface area (Å²) in [5, 5.41) is 8.08. The summed E-state index contributed by atoms with van der Waals surface area (Å²) in [4.78, 5) is 0. The van der Waals surface area contributed by atoms with Gasteiger partial charge in [-0.25, -0.2) is 8.78 Å². The van der Waals surface area contributed by atoms with E-state index in [2.05, 4.69) is 10.2 Å². The van der Waals surface area contributed by atoms with E-state index >= 15 is 0 Å². The summed E-state index contributed by atoms with van der Waals surface area (Å²) in [5.41, 5.74) is 1.58. The average Bonchev–Trinajstić information content (AvgIpc) is 2.32. The highest BCUT2D eigenvalue weighted by atomic mass is 32.1. The Morgan fingerprint density at radius 2 is 2.27 bits per heavy atom. The van der Waals surface area contributed by atoms with E-state index in [-0.39, 0.29) is 18.8 Å². The van der Waals surface area contributed by atoms with E-state index in [1.165, 1.54) is 11.3 Å². The molecule has 1 aromatic rings. The van der Waals surface area contributed by atoms with Gasteiger partial charge >= 0.3 is 0 Å². The normalized spacial score (nSPS) is 23.1. The summed E-state index contributed by atoms with van der Waals surface area (Å²) < 4.78 is 24.7.